The summed E-state index contributed by atoms with van der Waals surface area (Å²) in [7, 11) is 2.16. The molecule has 0 bridgehead atoms. The zero-order chi connectivity index (χ0) is 16.5. The highest BCUT2D eigenvalue weighted by molar-refractivity contribution is 5.58. The molecule has 2 aliphatic heterocycles. The number of hydrogen-bond acceptors (Lipinski definition) is 4. The van der Waals surface area contributed by atoms with Crippen LogP contribution in [0.15, 0.2) is 41.0 Å². The molecule has 4 heteroatoms. The Hall–Kier alpha value is -1.78. The quantitative estimate of drug-likeness (QED) is 0.914. The lowest BCUT2D eigenvalue weighted by atomic mass is 10.0. The van der Waals surface area contributed by atoms with Crippen molar-refractivity contribution in [2.24, 2.45) is 0 Å². The molecule has 0 radical (unpaired) electrons. The van der Waals surface area contributed by atoms with Crippen molar-refractivity contribution in [3.05, 3.63) is 53.5 Å². The molecule has 2 atom stereocenters. The number of likely N-dealkylation sites (tertiary alicyclic amines) is 1. The van der Waals surface area contributed by atoms with E-state index in [2.05, 4.69) is 35.0 Å². The van der Waals surface area contributed by atoms with Gasteiger partial charge in [0.25, 0.3) is 0 Å². The lowest BCUT2D eigenvalue weighted by molar-refractivity contribution is 0.0995. The normalized spacial score (nSPS) is 22.1. The van der Waals surface area contributed by atoms with Crippen LogP contribution in [0.3, 0.4) is 0 Å². The molecule has 4 nitrogen and oxygen atoms in total. The first-order valence-electron chi connectivity index (χ1n) is 8.99. The van der Waals surface area contributed by atoms with E-state index in [-0.39, 0.29) is 0 Å². The first-order chi connectivity index (χ1) is 11.7. The lowest BCUT2D eigenvalue weighted by Crippen LogP contribution is -2.30. The van der Waals surface area contributed by atoms with Crippen molar-refractivity contribution in [2.75, 3.05) is 25.0 Å². The molecular weight excluding hydrogens is 300 g/mol. The summed E-state index contributed by atoms with van der Waals surface area (Å²) in [4.78, 5) is 4.85. The van der Waals surface area contributed by atoms with Crippen LogP contribution in [-0.2, 0) is 13.0 Å². The number of furan rings is 1. The first kappa shape index (κ1) is 15.7. The zero-order valence-electron chi connectivity index (χ0n) is 14.3. The maximum Gasteiger partial charge on any atom is 0.132 e. The summed E-state index contributed by atoms with van der Waals surface area (Å²) in [5.74, 6) is 0.683. The molecule has 1 aromatic carbocycles. The SMILES string of the molecule is CN1CCc2cc(CN3CCCC3CC(O)c3ccco3)ccc21. The molecule has 4 rings (SSSR count). The van der Waals surface area contributed by atoms with Gasteiger partial charge in [-0.15, -0.1) is 0 Å². The summed E-state index contributed by atoms with van der Waals surface area (Å²) in [5, 5.41) is 10.4. The molecule has 2 aliphatic rings. The Bertz CT molecular complexity index is 683. The van der Waals surface area contributed by atoms with Crippen LogP contribution in [0.25, 0.3) is 0 Å². The molecule has 1 fully saturated rings. The zero-order valence-corrected chi connectivity index (χ0v) is 14.3. The second-order valence-corrected chi connectivity index (χ2v) is 7.17. The molecule has 24 heavy (non-hydrogen) atoms. The van der Waals surface area contributed by atoms with Crippen LogP contribution in [0.4, 0.5) is 5.69 Å². The van der Waals surface area contributed by atoms with Gasteiger partial charge in [-0.3, -0.25) is 4.90 Å². The van der Waals surface area contributed by atoms with E-state index < -0.39 is 6.10 Å². The number of benzene rings is 1. The second kappa shape index (κ2) is 6.61. The van der Waals surface area contributed by atoms with Gasteiger partial charge < -0.3 is 14.4 Å². The number of likely N-dealkylation sites (N-methyl/N-ethyl adjacent to an activating group) is 1. The first-order valence-corrected chi connectivity index (χ1v) is 8.99. The lowest BCUT2D eigenvalue weighted by Gasteiger charge is -2.26. The maximum absolute atomic E-state index is 10.4. The highest BCUT2D eigenvalue weighted by atomic mass is 16.4. The van der Waals surface area contributed by atoms with E-state index in [1.54, 1.807) is 6.26 Å². The fraction of sp³-hybridized carbons (Fsp3) is 0.500. The summed E-state index contributed by atoms with van der Waals surface area (Å²) >= 11 is 0. The Kier molecular flexibility index (Phi) is 4.33. The Morgan fingerprint density at radius 2 is 2.21 bits per heavy atom. The van der Waals surface area contributed by atoms with E-state index in [4.69, 9.17) is 4.42 Å². The Balaban J connectivity index is 1.42. The van der Waals surface area contributed by atoms with Crippen LogP contribution in [-0.4, -0.2) is 36.2 Å². The van der Waals surface area contributed by atoms with Crippen molar-refractivity contribution in [3.63, 3.8) is 0 Å². The molecule has 0 spiro atoms. The van der Waals surface area contributed by atoms with Gasteiger partial charge in [-0.25, -0.2) is 0 Å². The van der Waals surface area contributed by atoms with Gasteiger partial charge in [0, 0.05) is 31.9 Å². The third-order valence-electron chi connectivity index (χ3n) is 5.52. The third kappa shape index (κ3) is 3.08. The van der Waals surface area contributed by atoms with Gasteiger partial charge in [-0.1, -0.05) is 12.1 Å². The van der Waals surface area contributed by atoms with Gasteiger partial charge >= 0.3 is 0 Å². The highest BCUT2D eigenvalue weighted by Crippen LogP contribution is 2.31. The van der Waals surface area contributed by atoms with E-state index in [1.165, 1.54) is 23.2 Å². The summed E-state index contributed by atoms with van der Waals surface area (Å²) in [6.45, 7) is 3.22. The minimum Gasteiger partial charge on any atom is -0.467 e. The van der Waals surface area contributed by atoms with Crippen molar-refractivity contribution in [1.29, 1.82) is 0 Å². The molecule has 0 saturated carbocycles. The monoisotopic (exact) mass is 326 g/mol. The summed E-state index contributed by atoms with van der Waals surface area (Å²) in [6, 6.07) is 11.0. The minimum atomic E-state index is -0.501. The molecule has 0 amide bonds. The molecule has 1 N–H and O–H groups in total. The molecular formula is C20H26N2O2. The van der Waals surface area contributed by atoms with Gasteiger partial charge in [0.2, 0.25) is 0 Å². The molecule has 128 valence electrons. The van der Waals surface area contributed by atoms with Crippen LogP contribution >= 0.6 is 0 Å². The van der Waals surface area contributed by atoms with Gasteiger partial charge in [0.1, 0.15) is 11.9 Å². The number of anilines is 1. The summed E-state index contributed by atoms with van der Waals surface area (Å²) in [5.41, 5.74) is 4.25. The third-order valence-corrected chi connectivity index (χ3v) is 5.52. The van der Waals surface area contributed by atoms with Crippen molar-refractivity contribution in [3.8, 4) is 0 Å². The van der Waals surface area contributed by atoms with Crippen LogP contribution < -0.4 is 4.90 Å². The van der Waals surface area contributed by atoms with Crippen LogP contribution in [0.1, 0.15) is 42.3 Å². The second-order valence-electron chi connectivity index (χ2n) is 7.17. The smallest absolute Gasteiger partial charge is 0.132 e. The molecule has 2 aromatic rings. The van der Waals surface area contributed by atoms with Gasteiger partial charge in [-0.2, -0.15) is 0 Å². The van der Waals surface area contributed by atoms with Crippen molar-refractivity contribution in [2.45, 2.75) is 44.4 Å². The Labute approximate surface area is 143 Å². The number of aliphatic hydroxyl groups is 1. The Morgan fingerprint density at radius 3 is 3.04 bits per heavy atom. The molecule has 2 unspecified atom stereocenters. The maximum atomic E-state index is 10.4. The largest absolute Gasteiger partial charge is 0.467 e. The number of aliphatic hydroxyl groups excluding tert-OH is 1. The average Bonchev–Trinajstić information content (AvgIpc) is 3.30. The fourth-order valence-corrected chi connectivity index (χ4v) is 4.18. The standard InChI is InChI=1S/C20H26N2O2/c1-21-10-8-16-12-15(6-7-18(16)21)14-22-9-2-4-17(22)13-19(23)20-5-3-11-24-20/h3,5-7,11-12,17,19,23H,2,4,8-10,13-14H2,1H3. The van der Waals surface area contributed by atoms with E-state index in [0.717, 1.165) is 38.9 Å². The van der Waals surface area contributed by atoms with E-state index in [9.17, 15) is 5.11 Å². The molecule has 1 saturated heterocycles. The number of hydrogen-bond donors (Lipinski definition) is 1. The van der Waals surface area contributed by atoms with Crippen molar-refractivity contribution in [1.82, 2.24) is 4.90 Å². The summed E-state index contributed by atoms with van der Waals surface area (Å²) < 4.78 is 5.35. The van der Waals surface area contributed by atoms with E-state index >= 15 is 0 Å². The molecule has 0 aliphatic carbocycles. The highest BCUT2D eigenvalue weighted by Gasteiger charge is 2.28. The van der Waals surface area contributed by atoms with Gasteiger partial charge in [0.15, 0.2) is 0 Å². The predicted molar refractivity (Wildman–Crippen MR) is 95.1 cm³/mol. The Morgan fingerprint density at radius 1 is 1.29 bits per heavy atom. The number of rotatable bonds is 5. The molecule has 3 heterocycles. The number of nitrogens with zero attached hydrogens (tertiary/aromatic N) is 2. The van der Waals surface area contributed by atoms with Crippen LogP contribution in [0.2, 0.25) is 0 Å². The predicted octanol–water partition coefficient (Wildman–Crippen LogP) is 3.36. The topological polar surface area (TPSA) is 39.9 Å². The minimum absolute atomic E-state index is 0.432. The molecule has 1 aromatic heterocycles. The van der Waals surface area contributed by atoms with Crippen molar-refractivity contribution < 1.29 is 9.52 Å². The van der Waals surface area contributed by atoms with Crippen LogP contribution in [0, 0.1) is 0 Å². The van der Waals surface area contributed by atoms with E-state index in [1.807, 2.05) is 12.1 Å². The van der Waals surface area contributed by atoms with Gasteiger partial charge in [0.05, 0.1) is 6.26 Å². The van der Waals surface area contributed by atoms with E-state index in [0.29, 0.717) is 11.8 Å². The fourth-order valence-electron chi connectivity index (χ4n) is 4.18. The van der Waals surface area contributed by atoms with Crippen LogP contribution in [0.5, 0.6) is 0 Å². The van der Waals surface area contributed by atoms with Gasteiger partial charge in [-0.05, 0) is 61.6 Å². The number of fused-ring (bicyclic) bond motifs is 1. The summed E-state index contributed by atoms with van der Waals surface area (Å²) in [6.07, 6.45) is 5.40. The average molecular weight is 326 g/mol. The van der Waals surface area contributed by atoms with Crippen molar-refractivity contribution >= 4 is 5.69 Å².